The van der Waals surface area contributed by atoms with Crippen molar-refractivity contribution < 1.29 is 4.42 Å². The summed E-state index contributed by atoms with van der Waals surface area (Å²) in [6, 6.07) is 1.77. The highest BCUT2D eigenvalue weighted by Gasteiger charge is 2.11. The van der Waals surface area contributed by atoms with Crippen LogP contribution in [0.3, 0.4) is 0 Å². The van der Waals surface area contributed by atoms with E-state index in [2.05, 4.69) is 9.97 Å². The Bertz CT molecular complexity index is 409. The van der Waals surface area contributed by atoms with Crippen LogP contribution in [0.4, 0.5) is 0 Å². The van der Waals surface area contributed by atoms with Gasteiger partial charge in [0.1, 0.15) is 6.26 Å². The lowest BCUT2D eigenvalue weighted by molar-refractivity contribution is 0.572. The van der Waals surface area contributed by atoms with Crippen LogP contribution >= 0.6 is 0 Å². The molecule has 0 saturated carbocycles. The van der Waals surface area contributed by atoms with Crippen molar-refractivity contribution in [3.05, 3.63) is 36.5 Å². The van der Waals surface area contributed by atoms with E-state index < -0.39 is 0 Å². The zero-order valence-corrected chi connectivity index (χ0v) is 7.84. The van der Waals surface area contributed by atoms with Crippen molar-refractivity contribution in [1.82, 2.24) is 9.97 Å². The van der Waals surface area contributed by atoms with E-state index in [-0.39, 0.29) is 6.04 Å². The molecule has 0 amide bonds. The van der Waals surface area contributed by atoms with Gasteiger partial charge in [0.05, 0.1) is 6.20 Å². The minimum atomic E-state index is -0.0781. The number of aromatic nitrogens is 2. The highest BCUT2D eigenvalue weighted by atomic mass is 16.3. The standard InChI is InChI=1S/C10H11N3O/c1-7(11)9-6-12-3-2-8(9)10-13-4-5-14-10/h2-7H,11H2,1H3. The molecule has 2 N–H and O–H groups in total. The lowest BCUT2D eigenvalue weighted by Gasteiger charge is -2.08. The quantitative estimate of drug-likeness (QED) is 0.781. The molecule has 1 atom stereocenters. The first kappa shape index (κ1) is 8.90. The Hall–Kier alpha value is -1.68. The number of rotatable bonds is 2. The van der Waals surface area contributed by atoms with E-state index >= 15 is 0 Å². The fraction of sp³-hybridized carbons (Fsp3) is 0.200. The molecule has 2 aromatic rings. The number of oxazole rings is 1. The van der Waals surface area contributed by atoms with Gasteiger partial charge in [-0.25, -0.2) is 4.98 Å². The van der Waals surface area contributed by atoms with Crippen molar-refractivity contribution in [2.24, 2.45) is 5.73 Å². The van der Waals surface area contributed by atoms with Crippen LogP contribution in [0.1, 0.15) is 18.5 Å². The van der Waals surface area contributed by atoms with E-state index in [1.54, 1.807) is 24.9 Å². The average Bonchev–Trinajstić information content (AvgIpc) is 2.70. The normalized spacial score (nSPS) is 12.7. The molecule has 2 heterocycles. The van der Waals surface area contributed by atoms with Gasteiger partial charge in [0.15, 0.2) is 0 Å². The Labute approximate surface area is 81.8 Å². The Morgan fingerprint density at radius 1 is 1.43 bits per heavy atom. The molecule has 0 aliphatic rings. The Kier molecular flexibility index (Phi) is 2.28. The predicted molar refractivity (Wildman–Crippen MR) is 52.3 cm³/mol. The Morgan fingerprint density at radius 2 is 2.29 bits per heavy atom. The molecule has 4 nitrogen and oxygen atoms in total. The summed E-state index contributed by atoms with van der Waals surface area (Å²) in [4.78, 5) is 8.11. The summed E-state index contributed by atoms with van der Waals surface area (Å²) in [5.74, 6) is 0.583. The first-order valence-corrected chi connectivity index (χ1v) is 4.38. The summed E-state index contributed by atoms with van der Waals surface area (Å²) in [7, 11) is 0. The Balaban J connectivity index is 2.53. The third-order valence-corrected chi connectivity index (χ3v) is 2.01. The van der Waals surface area contributed by atoms with E-state index in [9.17, 15) is 0 Å². The molecule has 4 heteroatoms. The molecule has 0 fully saturated rings. The molecule has 0 aliphatic carbocycles. The maximum absolute atomic E-state index is 5.81. The molecule has 0 radical (unpaired) electrons. The summed E-state index contributed by atoms with van der Waals surface area (Å²) in [6.45, 7) is 1.91. The molecular weight excluding hydrogens is 178 g/mol. The van der Waals surface area contributed by atoms with Crippen molar-refractivity contribution in [2.75, 3.05) is 0 Å². The number of hydrogen-bond donors (Lipinski definition) is 1. The van der Waals surface area contributed by atoms with E-state index in [1.807, 2.05) is 13.0 Å². The largest absolute Gasteiger partial charge is 0.445 e. The fourth-order valence-corrected chi connectivity index (χ4v) is 1.32. The summed E-state index contributed by atoms with van der Waals surface area (Å²) >= 11 is 0. The van der Waals surface area contributed by atoms with Crippen molar-refractivity contribution in [2.45, 2.75) is 13.0 Å². The summed E-state index contributed by atoms with van der Waals surface area (Å²) < 4.78 is 5.22. The molecular formula is C10H11N3O. The maximum atomic E-state index is 5.81. The molecule has 0 bridgehead atoms. The summed E-state index contributed by atoms with van der Waals surface area (Å²) in [5, 5.41) is 0. The van der Waals surface area contributed by atoms with Crippen LogP contribution in [-0.4, -0.2) is 9.97 Å². The SMILES string of the molecule is CC(N)c1cnccc1-c1ncco1. The van der Waals surface area contributed by atoms with Crippen LogP contribution in [0.5, 0.6) is 0 Å². The second-order valence-electron chi connectivity index (χ2n) is 3.09. The highest BCUT2D eigenvalue weighted by molar-refractivity contribution is 5.58. The van der Waals surface area contributed by atoms with Crippen LogP contribution in [0.2, 0.25) is 0 Å². The lowest BCUT2D eigenvalue weighted by Crippen LogP contribution is -2.07. The van der Waals surface area contributed by atoms with Crippen LogP contribution in [0.15, 0.2) is 35.3 Å². The average molecular weight is 189 g/mol. The third-order valence-electron chi connectivity index (χ3n) is 2.01. The van der Waals surface area contributed by atoms with Crippen LogP contribution in [-0.2, 0) is 0 Å². The van der Waals surface area contributed by atoms with Gasteiger partial charge in [-0.05, 0) is 18.6 Å². The molecule has 2 aromatic heterocycles. The van der Waals surface area contributed by atoms with E-state index in [1.165, 1.54) is 0 Å². The van der Waals surface area contributed by atoms with Crippen molar-refractivity contribution in [1.29, 1.82) is 0 Å². The highest BCUT2D eigenvalue weighted by Crippen LogP contribution is 2.24. The van der Waals surface area contributed by atoms with Gasteiger partial charge in [-0.3, -0.25) is 4.98 Å². The van der Waals surface area contributed by atoms with E-state index in [4.69, 9.17) is 10.2 Å². The molecule has 0 saturated heterocycles. The number of nitrogens with zero attached hydrogens (tertiary/aromatic N) is 2. The van der Waals surface area contributed by atoms with Gasteiger partial charge in [0.2, 0.25) is 5.89 Å². The van der Waals surface area contributed by atoms with Crippen molar-refractivity contribution >= 4 is 0 Å². The number of hydrogen-bond acceptors (Lipinski definition) is 4. The van der Waals surface area contributed by atoms with Gasteiger partial charge in [-0.1, -0.05) is 0 Å². The first-order chi connectivity index (χ1) is 6.79. The minimum Gasteiger partial charge on any atom is -0.445 e. The predicted octanol–water partition coefficient (Wildman–Crippen LogP) is 1.76. The smallest absolute Gasteiger partial charge is 0.226 e. The summed E-state index contributed by atoms with van der Waals surface area (Å²) in [5.41, 5.74) is 7.65. The van der Waals surface area contributed by atoms with Gasteiger partial charge in [-0.2, -0.15) is 0 Å². The fourth-order valence-electron chi connectivity index (χ4n) is 1.32. The van der Waals surface area contributed by atoms with Gasteiger partial charge in [-0.15, -0.1) is 0 Å². The van der Waals surface area contributed by atoms with Crippen LogP contribution in [0.25, 0.3) is 11.5 Å². The topological polar surface area (TPSA) is 64.9 Å². The van der Waals surface area contributed by atoms with Crippen LogP contribution < -0.4 is 5.73 Å². The second kappa shape index (κ2) is 3.59. The van der Waals surface area contributed by atoms with Crippen molar-refractivity contribution in [3.63, 3.8) is 0 Å². The van der Waals surface area contributed by atoms with Crippen molar-refractivity contribution in [3.8, 4) is 11.5 Å². The zero-order chi connectivity index (χ0) is 9.97. The maximum Gasteiger partial charge on any atom is 0.226 e. The van der Waals surface area contributed by atoms with Gasteiger partial charge < -0.3 is 10.2 Å². The van der Waals surface area contributed by atoms with Gasteiger partial charge in [0, 0.05) is 24.0 Å². The third kappa shape index (κ3) is 1.52. The lowest BCUT2D eigenvalue weighted by atomic mass is 10.1. The minimum absolute atomic E-state index is 0.0781. The van der Waals surface area contributed by atoms with E-state index in [0.29, 0.717) is 5.89 Å². The molecule has 72 valence electrons. The molecule has 0 spiro atoms. The molecule has 2 rings (SSSR count). The summed E-state index contributed by atoms with van der Waals surface area (Å²) in [6.07, 6.45) is 6.59. The number of nitrogens with two attached hydrogens (primary N) is 1. The second-order valence-corrected chi connectivity index (χ2v) is 3.09. The monoisotopic (exact) mass is 189 g/mol. The zero-order valence-electron chi connectivity index (χ0n) is 7.84. The van der Waals surface area contributed by atoms with Gasteiger partial charge >= 0.3 is 0 Å². The Morgan fingerprint density at radius 3 is 2.93 bits per heavy atom. The molecule has 0 aliphatic heterocycles. The molecule has 14 heavy (non-hydrogen) atoms. The van der Waals surface area contributed by atoms with Crippen LogP contribution in [0, 0.1) is 0 Å². The van der Waals surface area contributed by atoms with Gasteiger partial charge in [0.25, 0.3) is 0 Å². The molecule has 0 aromatic carbocycles. The van der Waals surface area contributed by atoms with E-state index in [0.717, 1.165) is 11.1 Å². The number of pyridine rings is 1. The first-order valence-electron chi connectivity index (χ1n) is 4.38. The molecule has 1 unspecified atom stereocenters.